The lowest BCUT2D eigenvalue weighted by atomic mass is 10.2. The largest absolute Gasteiger partial charge is 0.383 e. The third kappa shape index (κ3) is 3.21. The van der Waals surface area contributed by atoms with Gasteiger partial charge in [0.2, 0.25) is 0 Å². The van der Waals surface area contributed by atoms with Crippen molar-refractivity contribution < 1.29 is 9.66 Å². The standard InChI is InChI=1S/C10H14N2O3/c1-11(7-8-15-2)9-3-5-10(6-4-9)12(13)14/h3-6H,7-8H2,1-2H3. The Morgan fingerprint density at radius 1 is 1.40 bits per heavy atom. The molecule has 0 fully saturated rings. The number of non-ortho nitro benzene ring substituents is 1. The average molecular weight is 210 g/mol. The third-order valence-corrected chi connectivity index (χ3v) is 2.13. The topological polar surface area (TPSA) is 55.6 Å². The normalized spacial score (nSPS) is 10.0. The molecule has 0 unspecified atom stereocenters. The summed E-state index contributed by atoms with van der Waals surface area (Å²) in [6.07, 6.45) is 0. The average Bonchev–Trinajstić information content (AvgIpc) is 2.26. The molecule has 0 aliphatic carbocycles. The number of nitro benzene ring substituents is 1. The van der Waals surface area contributed by atoms with E-state index in [1.165, 1.54) is 12.1 Å². The molecule has 1 aromatic carbocycles. The van der Waals surface area contributed by atoms with E-state index in [1.54, 1.807) is 19.2 Å². The second-order valence-corrected chi connectivity index (χ2v) is 3.19. The zero-order chi connectivity index (χ0) is 11.3. The highest BCUT2D eigenvalue weighted by atomic mass is 16.6. The quantitative estimate of drug-likeness (QED) is 0.548. The first-order valence-electron chi connectivity index (χ1n) is 4.59. The van der Waals surface area contributed by atoms with Crippen molar-refractivity contribution in [2.24, 2.45) is 0 Å². The number of rotatable bonds is 5. The van der Waals surface area contributed by atoms with Crippen LogP contribution in [0.3, 0.4) is 0 Å². The first-order chi connectivity index (χ1) is 7.15. The number of hydrogen-bond acceptors (Lipinski definition) is 4. The van der Waals surface area contributed by atoms with Gasteiger partial charge in [0.25, 0.3) is 5.69 Å². The summed E-state index contributed by atoms with van der Waals surface area (Å²) >= 11 is 0. The second kappa shape index (κ2) is 5.31. The van der Waals surface area contributed by atoms with Crippen LogP contribution in [0.4, 0.5) is 11.4 Å². The highest BCUT2D eigenvalue weighted by Crippen LogP contribution is 2.17. The van der Waals surface area contributed by atoms with Gasteiger partial charge in [0.05, 0.1) is 11.5 Å². The number of nitrogens with zero attached hydrogens (tertiary/aromatic N) is 2. The van der Waals surface area contributed by atoms with Gasteiger partial charge in [-0.25, -0.2) is 0 Å². The Labute approximate surface area is 88.4 Å². The summed E-state index contributed by atoms with van der Waals surface area (Å²) in [4.78, 5) is 12.0. The summed E-state index contributed by atoms with van der Waals surface area (Å²) in [6, 6.07) is 6.46. The molecule has 0 heterocycles. The maximum atomic E-state index is 10.4. The highest BCUT2D eigenvalue weighted by Gasteiger charge is 2.05. The van der Waals surface area contributed by atoms with Gasteiger partial charge >= 0.3 is 0 Å². The minimum atomic E-state index is -0.404. The highest BCUT2D eigenvalue weighted by molar-refractivity contribution is 5.50. The Morgan fingerprint density at radius 3 is 2.47 bits per heavy atom. The molecule has 0 aliphatic heterocycles. The number of anilines is 1. The Morgan fingerprint density at radius 2 is 2.00 bits per heavy atom. The minimum absolute atomic E-state index is 0.110. The van der Waals surface area contributed by atoms with Crippen LogP contribution in [-0.4, -0.2) is 32.2 Å². The molecular weight excluding hydrogens is 196 g/mol. The predicted molar refractivity (Wildman–Crippen MR) is 58.2 cm³/mol. The number of hydrogen-bond donors (Lipinski definition) is 0. The lowest BCUT2D eigenvalue weighted by molar-refractivity contribution is -0.384. The van der Waals surface area contributed by atoms with Crippen LogP contribution >= 0.6 is 0 Å². The van der Waals surface area contributed by atoms with Gasteiger partial charge in [-0.05, 0) is 12.1 Å². The molecule has 5 heteroatoms. The minimum Gasteiger partial charge on any atom is -0.383 e. The fourth-order valence-electron chi connectivity index (χ4n) is 1.19. The van der Waals surface area contributed by atoms with Crippen LogP contribution in [0, 0.1) is 10.1 Å². The molecule has 0 saturated heterocycles. The summed E-state index contributed by atoms with van der Waals surface area (Å²) < 4.78 is 4.95. The first kappa shape index (κ1) is 11.5. The maximum Gasteiger partial charge on any atom is 0.269 e. The number of likely N-dealkylation sites (N-methyl/N-ethyl adjacent to an activating group) is 1. The van der Waals surface area contributed by atoms with Crippen molar-refractivity contribution in [1.82, 2.24) is 0 Å². The van der Waals surface area contributed by atoms with Gasteiger partial charge in [-0.1, -0.05) is 0 Å². The van der Waals surface area contributed by atoms with Crippen LogP contribution in [0.2, 0.25) is 0 Å². The van der Waals surface area contributed by atoms with Crippen molar-refractivity contribution in [2.75, 3.05) is 32.2 Å². The van der Waals surface area contributed by atoms with Crippen molar-refractivity contribution in [2.45, 2.75) is 0 Å². The molecule has 1 rings (SSSR count). The Hall–Kier alpha value is -1.62. The van der Waals surface area contributed by atoms with Crippen molar-refractivity contribution >= 4 is 11.4 Å². The maximum absolute atomic E-state index is 10.4. The van der Waals surface area contributed by atoms with E-state index in [-0.39, 0.29) is 5.69 Å². The molecule has 5 nitrogen and oxygen atoms in total. The fourth-order valence-corrected chi connectivity index (χ4v) is 1.19. The van der Waals surface area contributed by atoms with Crippen LogP contribution in [0.15, 0.2) is 24.3 Å². The molecule has 0 aromatic heterocycles. The first-order valence-corrected chi connectivity index (χ1v) is 4.59. The molecule has 0 amide bonds. The molecule has 0 spiro atoms. The van der Waals surface area contributed by atoms with E-state index in [9.17, 15) is 10.1 Å². The van der Waals surface area contributed by atoms with Gasteiger partial charge in [-0.2, -0.15) is 0 Å². The van der Waals surface area contributed by atoms with Crippen molar-refractivity contribution in [3.05, 3.63) is 34.4 Å². The van der Waals surface area contributed by atoms with Crippen molar-refractivity contribution in [1.29, 1.82) is 0 Å². The zero-order valence-electron chi connectivity index (χ0n) is 8.84. The monoisotopic (exact) mass is 210 g/mol. The van der Waals surface area contributed by atoms with E-state index < -0.39 is 4.92 Å². The molecular formula is C10H14N2O3. The van der Waals surface area contributed by atoms with Crippen LogP contribution in [-0.2, 0) is 4.74 Å². The van der Waals surface area contributed by atoms with E-state index in [2.05, 4.69) is 0 Å². The van der Waals surface area contributed by atoms with Crippen LogP contribution in [0.25, 0.3) is 0 Å². The fraction of sp³-hybridized carbons (Fsp3) is 0.400. The van der Waals surface area contributed by atoms with E-state index in [1.807, 2.05) is 11.9 Å². The van der Waals surface area contributed by atoms with Gasteiger partial charge in [0.15, 0.2) is 0 Å². The number of benzene rings is 1. The summed E-state index contributed by atoms with van der Waals surface area (Å²) in [5.74, 6) is 0. The van der Waals surface area contributed by atoms with Gasteiger partial charge in [-0.15, -0.1) is 0 Å². The molecule has 0 radical (unpaired) electrons. The van der Waals surface area contributed by atoms with E-state index in [4.69, 9.17) is 4.74 Å². The molecule has 0 saturated carbocycles. The van der Waals surface area contributed by atoms with Gasteiger partial charge in [0.1, 0.15) is 0 Å². The molecule has 82 valence electrons. The van der Waals surface area contributed by atoms with Crippen LogP contribution < -0.4 is 4.90 Å². The van der Waals surface area contributed by atoms with Crippen molar-refractivity contribution in [3.63, 3.8) is 0 Å². The summed E-state index contributed by atoms with van der Waals surface area (Å²) in [7, 11) is 3.56. The Kier molecular flexibility index (Phi) is 4.05. The summed E-state index contributed by atoms with van der Waals surface area (Å²) in [5.41, 5.74) is 1.05. The molecule has 0 aliphatic rings. The van der Waals surface area contributed by atoms with Crippen LogP contribution in [0.1, 0.15) is 0 Å². The molecule has 0 N–H and O–H groups in total. The van der Waals surface area contributed by atoms with E-state index >= 15 is 0 Å². The third-order valence-electron chi connectivity index (χ3n) is 2.13. The number of methoxy groups -OCH3 is 1. The lowest BCUT2D eigenvalue weighted by Gasteiger charge is -2.18. The summed E-state index contributed by atoms with van der Waals surface area (Å²) in [5, 5.41) is 10.4. The second-order valence-electron chi connectivity index (χ2n) is 3.19. The number of nitro groups is 1. The van der Waals surface area contributed by atoms with Crippen LogP contribution in [0.5, 0.6) is 0 Å². The van der Waals surface area contributed by atoms with E-state index in [0.29, 0.717) is 6.61 Å². The smallest absolute Gasteiger partial charge is 0.269 e. The van der Waals surface area contributed by atoms with Gasteiger partial charge in [0, 0.05) is 38.5 Å². The zero-order valence-corrected chi connectivity index (χ0v) is 8.84. The Balaban J connectivity index is 2.66. The molecule has 15 heavy (non-hydrogen) atoms. The molecule has 0 bridgehead atoms. The SMILES string of the molecule is COCCN(C)c1ccc([N+](=O)[O-])cc1. The Bertz CT molecular complexity index is 324. The van der Waals surface area contributed by atoms with Crippen molar-refractivity contribution in [3.8, 4) is 0 Å². The van der Waals surface area contributed by atoms with Gasteiger partial charge < -0.3 is 9.64 Å². The number of ether oxygens (including phenoxy) is 1. The molecule has 0 atom stereocenters. The summed E-state index contributed by atoms with van der Waals surface area (Å²) in [6.45, 7) is 1.39. The predicted octanol–water partition coefficient (Wildman–Crippen LogP) is 1.68. The van der Waals surface area contributed by atoms with Gasteiger partial charge in [-0.3, -0.25) is 10.1 Å². The van der Waals surface area contributed by atoms with E-state index in [0.717, 1.165) is 12.2 Å². The lowest BCUT2D eigenvalue weighted by Crippen LogP contribution is -2.21. The molecule has 1 aromatic rings.